The summed E-state index contributed by atoms with van der Waals surface area (Å²) in [4.78, 5) is 2.18. The maximum atomic E-state index is 11.2. The van der Waals surface area contributed by atoms with E-state index in [0.29, 0.717) is 18.9 Å². The lowest BCUT2D eigenvalue weighted by Gasteiger charge is -2.22. The SMILES string of the molecule is C[C@@H](c1ccco1)N(C)CCOc1ccc(S(N)(=O)=O)cc1. The Morgan fingerprint density at radius 1 is 1.27 bits per heavy atom. The first-order valence-corrected chi connectivity index (χ1v) is 8.42. The number of rotatable bonds is 7. The monoisotopic (exact) mass is 324 g/mol. The van der Waals surface area contributed by atoms with Gasteiger partial charge in [0.05, 0.1) is 17.2 Å². The van der Waals surface area contributed by atoms with Crippen LogP contribution in [0, 0.1) is 0 Å². The van der Waals surface area contributed by atoms with E-state index < -0.39 is 10.0 Å². The highest BCUT2D eigenvalue weighted by Gasteiger charge is 2.14. The molecule has 0 saturated carbocycles. The van der Waals surface area contributed by atoms with E-state index in [0.717, 1.165) is 5.76 Å². The molecule has 0 aliphatic heterocycles. The molecule has 6 nitrogen and oxygen atoms in total. The third-order valence-electron chi connectivity index (χ3n) is 3.48. The van der Waals surface area contributed by atoms with Gasteiger partial charge in [-0.15, -0.1) is 0 Å². The number of nitrogens with zero attached hydrogens (tertiary/aromatic N) is 1. The second kappa shape index (κ2) is 6.95. The fraction of sp³-hybridized carbons (Fsp3) is 0.333. The molecule has 1 atom stereocenters. The molecule has 120 valence electrons. The number of ether oxygens (including phenoxy) is 1. The highest BCUT2D eigenvalue weighted by molar-refractivity contribution is 7.89. The maximum absolute atomic E-state index is 11.2. The van der Waals surface area contributed by atoms with Crippen LogP contribution in [0.1, 0.15) is 18.7 Å². The van der Waals surface area contributed by atoms with Crippen molar-refractivity contribution in [2.75, 3.05) is 20.2 Å². The van der Waals surface area contributed by atoms with E-state index in [2.05, 4.69) is 11.8 Å². The van der Waals surface area contributed by atoms with Crippen LogP contribution < -0.4 is 9.88 Å². The van der Waals surface area contributed by atoms with Gasteiger partial charge in [-0.1, -0.05) is 0 Å². The first-order chi connectivity index (χ1) is 10.4. The van der Waals surface area contributed by atoms with Crippen molar-refractivity contribution < 1.29 is 17.6 Å². The van der Waals surface area contributed by atoms with Crippen molar-refractivity contribution in [1.82, 2.24) is 4.90 Å². The van der Waals surface area contributed by atoms with Gasteiger partial charge >= 0.3 is 0 Å². The van der Waals surface area contributed by atoms with Crippen LogP contribution in [0.5, 0.6) is 5.75 Å². The average Bonchev–Trinajstić information content (AvgIpc) is 3.00. The molecule has 0 bridgehead atoms. The van der Waals surface area contributed by atoms with Crippen molar-refractivity contribution in [2.45, 2.75) is 17.9 Å². The van der Waals surface area contributed by atoms with Crippen LogP contribution in [-0.2, 0) is 10.0 Å². The standard InChI is InChI=1S/C15H20N2O4S/c1-12(15-4-3-10-21-15)17(2)9-11-20-13-5-7-14(8-6-13)22(16,18)19/h3-8,10,12H,9,11H2,1-2H3,(H2,16,18,19)/t12-/m0/s1. The molecule has 2 rings (SSSR count). The third kappa shape index (κ3) is 4.33. The predicted molar refractivity (Wildman–Crippen MR) is 83.1 cm³/mol. The fourth-order valence-electron chi connectivity index (χ4n) is 1.97. The summed E-state index contributed by atoms with van der Waals surface area (Å²) in [6, 6.07) is 10.0. The molecule has 0 aliphatic rings. The first kappa shape index (κ1) is 16.5. The minimum Gasteiger partial charge on any atom is -0.492 e. The predicted octanol–water partition coefficient (Wildman–Crippen LogP) is 2.00. The van der Waals surface area contributed by atoms with Crippen LogP contribution in [-0.4, -0.2) is 33.5 Å². The van der Waals surface area contributed by atoms with E-state index in [9.17, 15) is 8.42 Å². The van der Waals surface area contributed by atoms with E-state index in [1.807, 2.05) is 19.2 Å². The van der Waals surface area contributed by atoms with Crippen molar-refractivity contribution in [1.29, 1.82) is 0 Å². The molecule has 1 aromatic carbocycles. The van der Waals surface area contributed by atoms with E-state index in [-0.39, 0.29) is 10.9 Å². The van der Waals surface area contributed by atoms with Gasteiger partial charge in [0.25, 0.3) is 0 Å². The Hall–Kier alpha value is -1.83. The number of benzene rings is 1. The lowest BCUT2D eigenvalue weighted by molar-refractivity contribution is 0.185. The lowest BCUT2D eigenvalue weighted by atomic mass is 10.2. The lowest BCUT2D eigenvalue weighted by Crippen LogP contribution is -2.27. The van der Waals surface area contributed by atoms with E-state index >= 15 is 0 Å². The summed E-state index contributed by atoms with van der Waals surface area (Å²) < 4.78 is 33.3. The fourth-order valence-corrected chi connectivity index (χ4v) is 2.49. The Bertz CT molecular complexity index is 681. The molecule has 22 heavy (non-hydrogen) atoms. The number of hydrogen-bond donors (Lipinski definition) is 1. The Balaban J connectivity index is 1.83. The zero-order valence-corrected chi connectivity index (χ0v) is 13.4. The van der Waals surface area contributed by atoms with Gasteiger partial charge in [-0.2, -0.15) is 0 Å². The molecular weight excluding hydrogens is 304 g/mol. The maximum Gasteiger partial charge on any atom is 0.238 e. The third-order valence-corrected chi connectivity index (χ3v) is 4.41. The minimum atomic E-state index is -3.66. The van der Waals surface area contributed by atoms with Gasteiger partial charge < -0.3 is 9.15 Å². The number of hydrogen-bond acceptors (Lipinski definition) is 5. The van der Waals surface area contributed by atoms with Crippen molar-refractivity contribution in [3.63, 3.8) is 0 Å². The van der Waals surface area contributed by atoms with Gasteiger partial charge in [0.15, 0.2) is 0 Å². The summed E-state index contributed by atoms with van der Waals surface area (Å²) in [5.74, 6) is 1.51. The Labute approximate surface area is 130 Å². The largest absolute Gasteiger partial charge is 0.492 e. The summed E-state index contributed by atoms with van der Waals surface area (Å²) in [7, 11) is -1.68. The number of furan rings is 1. The van der Waals surface area contributed by atoms with Gasteiger partial charge in [0, 0.05) is 6.54 Å². The first-order valence-electron chi connectivity index (χ1n) is 6.87. The zero-order valence-electron chi connectivity index (χ0n) is 12.6. The molecule has 1 heterocycles. The number of sulfonamides is 1. The summed E-state index contributed by atoms with van der Waals surface area (Å²) in [6.07, 6.45) is 1.66. The number of primary sulfonamides is 1. The molecular formula is C15H20N2O4S. The highest BCUT2D eigenvalue weighted by atomic mass is 32.2. The molecule has 0 spiro atoms. The zero-order chi connectivity index (χ0) is 16.2. The van der Waals surface area contributed by atoms with Crippen molar-refractivity contribution >= 4 is 10.0 Å². The molecule has 7 heteroatoms. The van der Waals surface area contributed by atoms with Gasteiger partial charge in [-0.3, -0.25) is 4.90 Å². The average molecular weight is 324 g/mol. The topological polar surface area (TPSA) is 85.8 Å². The van der Waals surface area contributed by atoms with Gasteiger partial charge in [0.1, 0.15) is 18.1 Å². The van der Waals surface area contributed by atoms with Crippen molar-refractivity contribution in [2.24, 2.45) is 5.14 Å². The van der Waals surface area contributed by atoms with E-state index in [1.165, 1.54) is 12.1 Å². The number of nitrogens with two attached hydrogens (primary N) is 1. The Morgan fingerprint density at radius 3 is 2.50 bits per heavy atom. The molecule has 1 aromatic heterocycles. The van der Waals surface area contributed by atoms with Crippen molar-refractivity contribution in [3.05, 3.63) is 48.4 Å². The van der Waals surface area contributed by atoms with Crippen molar-refractivity contribution in [3.8, 4) is 5.75 Å². The molecule has 2 N–H and O–H groups in total. The van der Waals surface area contributed by atoms with Crippen LogP contribution in [0.2, 0.25) is 0 Å². The molecule has 0 aliphatic carbocycles. The smallest absolute Gasteiger partial charge is 0.238 e. The molecule has 0 radical (unpaired) electrons. The van der Waals surface area contributed by atoms with Crippen LogP contribution in [0.15, 0.2) is 52.0 Å². The normalized spacial score (nSPS) is 13.3. The highest BCUT2D eigenvalue weighted by Crippen LogP contribution is 2.19. The molecule has 0 amide bonds. The molecule has 2 aromatic rings. The van der Waals surface area contributed by atoms with E-state index in [4.69, 9.17) is 14.3 Å². The second-order valence-corrected chi connectivity index (χ2v) is 6.60. The van der Waals surface area contributed by atoms with Crippen LogP contribution in [0.25, 0.3) is 0 Å². The van der Waals surface area contributed by atoms with Gasteiger partial charge in [-0.25, -0.2) is 13.6 Å². The Morgan fingerprint density at radius 2 is 1.95 bits per heavy atom. The summed E-state index contributed by atoms with van der Waals surface area (Å²) >= 11 is 0. The minimum absolute atomic E-state index is 0.0726. The summed E-state index contributed by atoms with van der Waals surface area (Å²) in [5, 5.41) is 5.04. The molecule has 0 unspecified atom stereocenters. The molecule has 0 saturated heterocycles. The molecule has 0 fully saturated rings. The van der Waals surface area contributed by atoms with Crippen LogP contribution >= 0.6 is 0 Å². The quantitative estimate of drug-likeness (QED) is 0.842. The summed E-state index contributed by atoms with van der Waals surface area (Å²) in [6.45, 7) is 3.24. The summed E-state index contributed by atoms with van der Waals surface area (Å²) in [5.41, 5.74) is 0. The Kier molecular flexibility index (Phi) is 5.23. The van der Waals surface area contributed by atoms with Gasteiger partial charge in [-0.05, 0) is 50.4 Å². The number of likely N-dealkylation sites (N-methyl/N-ethyl adjacent to an activating group) is 1. The second-order valence-electron chi connectivity index (χ2n) is 5.04. The van der Waals surface area contributed by atoms with Gasteiger partial charge in [0.2, 0.25) is 10.0 Å². The van der Waals surface area contributed by atoms with E-state index in [1.54, 1.807) is 18.4 Å². The van der Waals surface area contributed by atoms with Crippen LogP contribution in [0.3, 0.4) is 0 Å². The van der Waals surface area contributed by atoms with Crippen LogP contribution in [0.4, 0.5) is 0 Å².